The molecular weight excluding hydrogens is 282 g/mol. The predicted molar refractivity (Wildman–Crippen MR) is 78.0 cm³/mol. The van der Waals surface area contributed by atoms with Gasteiger partial charge in [-0.05, 0) is 12.5 Å². The molecule has 2 N–H and O–H groups in total. The van der Waals surface area contributed by atoms with E-state index in [1.165, 1.54) is 0 Å². The number of carbonyl (C=O) groups is 1. The van der Waals surface area contributed by atoms with Crippen LogP contribution in [0.25, 0.3) is 0 Å². The van der Waals surface area contributed by atoms with Gasteiger partial charge < -0.3 is 14.8 Å². The molecule has 112 valence electrons. The van der Waals surface area contributed by atoms with Gasteiger partial charge in [-0.25, -0.2) is 4.98 Å². The van der Waals surface area contributed by atoms with Gasteiger partial charge >= 0.3 is 0 Å². The Morgan fingerprint density at radius 1 is 1.32 bits per heavy atom. The normalized spacial score (nSPS) is 10.6. The first-order valence-corrected chi connectivity index (χ1v) is 6.86. The molecule has 0 aliphatic carbocycles. The second-order valence-electron chi connectivity index (χ2n) is 4.86. The lowest BCUT2D eigenvalue weighted by atomic mass is 10.1. The second kappa shape index (κ2) is 6.21. The first-order chi connectivity index (χ1) is 10.7. The Balaban J connectivity index is 1.57. The summed E-state index contributed by atoms with van der Waals surface area (Å²) in [5.41, 5.74) is 1.92. The highest BCUT2D eigenvalue weighted by molar-refractivity contribution is 5.90. The number of nitrogens with zero attached hydrogens (tertiary/aromatic N) is 3. The van der Waals surface area contributed by atoms with Crippen molar-refractivity contribution >= 4 is 5.91 Å². The third-order valence-electron chi connectivity index (χ3n) is 3.03. The van der Waals surface area contributed by atoms with Gasteiger partial charge in [-0.2, -0.15) is 4.98 Å². The van der Waals surface area contributed by atoms with Crippen molar-refractivity contribution < 1.29 is 9.32 Å². The molecule has 1 amide bonds. The molecule has 1 aromatic carbocycles. The fourth-order valence-corrected chi connectivity index (χ4v) is 1.98. The van der Waals surface area contributed by atoms with Crippen LogP contribution in [0, 0.1) is 6.92 Å². The van der Waals surface area contributed by atoms with E-state index in [9.17, 15) is 4.79 Å². The van der Waals surface area contributed by atoms with Crippen molar-refractivity contribution in [3.05, 3.63) is 65.3 Å². The highest BCUT2D eigenvalue weighted by Gasteiger charge is 2.11. The molecule has 0 atom stereocenters. The Hall–Kier alpha value is -2.96. The maximum absolute atomic E-state index is 11.8. The second-order valence-corrected chi connectivity index (χ2v) is 4.86. The summed E-state index contributed by atoms with van der Waals surface area (Å²) in [4.78, 5) is 22.9. The standard InChI is InChI=1S/C15H15N5O2/c1-10-8-16-14(18-10)15(21)17-9-12-19-13(22-20-12)7-11-5-3-2-4-6-11/h2-6,8H,7,9H2,1H3,(H,16,18)(H,17,21). The number of imidazole rings is 1. The van der Waals surface area contributed by atoms with Gasteiger partial charge in [0.1, 0.15) is 0 Å². The molecule has 3 rings (SSSR count). The zero-order valence-electron chi connectivity index (χ0n) is 12.0. The summed E-state index contributed by atoms with van der Waals surface area (Å²) in [6, 6.07) is 9.85. The van der Waals surface area contributed by atoms with E-state index in [2.05, 4.69) is 25.4 Å². The van der Waals surface area contributed by atoms with Crippen LogP contribution < -0.4 is 5.32 Å². The molecule has 0 aliphatic rings. The van der Waals surface area contributed by atoms with E-state index in [0.29, 0.717) is 18.1 Å². The summed E-state index contributed by atoms with van der Waals surface area (Å²) in [6.45, 7) is 2.02. The number of rotatable bonds is 5. The van der Waals surface area contributed by atoms with Crippen molar-refractivity contribution in [1.82, 2.24) is 25.4 Å². The van der Waals surface area contributed by atoms with E-state index in [-0.39, 0.29) is 18.3 Å². The summed E-state index contributed by atoms with van der Waals surface area (Å²) >= 11 is 0. The largest absolute Gasteiger partial charge is 0.342 e. The molecule has 7 nitrogen and oxygen atoms in total. The molecule has 0 fully saturated rings. The summed E-state index contributed by atoms with van der Waals surface area (Å²) in [6.07, 6.45) is 2.17. The summed E-state index contributed by atoms with van der Waals surface area (Å²) < 4.78 is 5.17. The molecule has 0 saturated carbocycles. The van der Waals surface area contributed by atoms with Gasteiger partial charge in [0.2, 0.25) is 5.89 Å². The monoisotopic (exact) mass is 297 g/mol. The lowest BCUT2D eigenvalue weighted by Gasteiger charge is -1.98. The van der Waals surface area contributed by atoms with E-state index in [4.69, 9.17) is 4.52 Å². The van der Waals surface area contributed by atoms with Crippen LogP contribution >= 0.6 is 0 Å². The molecule has 2 aromatic heterocycles. The first kappa shape index (κ1) is 14.0. The maximum atomic E-state index is 11.8. The molecule has 2 heterocycles. The molecule has 0 unspecified atom stereocenters. The van der Waals surface area contributed by atoms with Crippen LogP contribution in [-0.4, -0.2) is 26.0 Å². The Kier molecular flexibility index (Phi) is 3.95. The van der Waals surface area contributed by atoms with Crippen molar-refractivity contribution in [3.8, 4) is 0 Å². The number of aromatic nitrogens is 4. The quantitative estimate of drug-likeness (QED) is 0.746. The minimum absolute atomic E-state index is 0.191. The van der Waals surface area contributed by atoms with Crippen LogP contribution in [0.1, 0.15) is 33.6 Å². The molecule has 0 aliphatic heterocycles. The van der Waals surface area contributed by atoms with E-state index >= 15 is 0 Å². The van der Waals surface area contributed by atoms with Crippen molar-refractivity contribution in [1.29, 1.82) is 0 Å². The number of hydrogen-bond acceptors (Lipinski definition) is 5. The van der Waals surface area contributed by atoms with Crippen LogP contribution in [0.3, 0.4) is 0 Å². The SMILES string of the molecule is Cc1cnc(C(=O)NCc2noc(Cc3ccccc3)n2)[nH]1. The number of H-pyrrole nitrogens is 1. The van der Waals surface area contributed by atoms with Crippen LogP contribution in [0.4, 0.5) is 0 Å². The topological polar surface area (TPSA) is 96.7 Å². The minimum atomic E-state index is -0.303. The van der Waals surface area contributed by atoms with E-state index < -0.39 is 0 Å². The number of carbonyl (C=O) groups excluding carboxylic acids is 1. The molecule has 0 spiro atoms. The zero-order chi connectivity index (χ0) is 15.4. The molecular formula is C15H15N5O2. The van der Waals surface area contributed by atoms with Crippen molar-refractivity contribution in [2.24, 2.45) is 0 Å². The Labute approximate surface area is 126 Å². The molecule has 7 heteroatoms. The Morgan fingerprint density at radius 2 is 2.14 bits per heavy atom. The average Bonchev–Trinajstić information content (AvgIpc) is 3.15. The average molecular weight is 297 g/mol. The number of aromatic amines is 1. The molecule has 22 heavy (non-hydrogen) atoms. The molecule has 0 saturated heterocycles. The van der Waals surface area contributed by atoms with Crippen LogP contribution in [-0.2, 0) is 13.0 Å². The number of hydrogen-bond donors (Lipinski definition) is 2. The van der Waals surface area contributed by atoms with Gasteiger partial charge in [0.25, 0.3) is 5.91 Å². The number of nitrogens with one attached hydrogen (secondary N) is 2. The molecule has 0 bridgehead atoms. The summed E-state index contributed by atoms with van der Waals surface area (Å²) in [7, 11) is 0. The van der Waals surface area contributed by atoms with E-state index in [1.54, 1.807) is 6.20 Å². The highest BCUT2D eigenvalue weighted by atomic mass is 16.5. The van der Waals surface area contributed by atoms with Crippen LogP contribution in [0.2, 0.25) is 0 Å². The van der Waals surface area contributed by atoms with Crippen molar-refractivity contribution in [2.45, 2.75) is 19.9 Å². The van der Waals surface area contributed by atoms with E-state index in [0.717, 1.165) is 11.3 Å². The fourth-order valence-electron chi connectivity index (χ4n) is 1.98. The predicted octanol–water partition coefficient (Wildman–Crippen LogP) is 1.62. The van der Waals surface area contributed by atoms with Gasteiger partial charge in [-0.3, -0.25) is 4.79 Å². The molecule has 0 radical (unpaired) electrons. The van der Waals surface area contributed by atoms with Gasteiger partial charge in [-0.15, -0.1) is 0 Å². The van der Waals surface area contributed by atoms with Gasteiger partial charge in [0.05, 0.1) is 13.0 Å². The third kappa shape index (κ3) is 3.38. The van der Waals surface area contributed by atoms with Crippen molar-refractivity contribution in [3.63, 3.8) is 0 Å². The number of aryl methyl sites for hydroxylation is 1. The Morgan fingerprint density at radius 3 is 2.86 bits per heavy atom. The van der Waals surface area contributed by atoms with E-state index in [1.807, 2.05) is 37.3 Å². The fraction of sp³-hybridized carbons (Fsp3) is 0.200. The van der Waals surface area contributed by atoms with Gasteiger partial charge in [-0.1, -0.05) is 35.5 Å². The maximum Gasteiger partial charge on any atom is 0.287 e. The van der Waals surface area contributed by atoms with Crippen molar-refractivity contribution in [2.75, 3.05) is 0 Å². The Bertz CT molecular complexity index is 763. The van der Waals surface area contributed by atoms with Gasteiger partial charge in [0.15, 0.2) is 11.6 Å². The first-order valence-electron chi connectivity index (χ1n) is 6.86. The number of benzene rings is 1. The third-order valence-corrected chi connectivity index (χ3v) is 3.03. The zero-order valence-corrected chi connectivity index (χ0v) is 12.0. The summed E-state index contributed by atoms with van der Waals surface area (Å²) in [5, 5.41) is 6.54. The van der Waals surface area contributed by atoms with Gasteiger partial charge in [0, 0.05) is 11.9 Å². The molecule has 3 aromatic rings. The summed E-state index contributed by atoms with van der Waals surface area (Å²) in [5.74, 6) is 0.917. The highest BCUT2D eigenvalue weighted by Crippen LogP contribution is 2.07. The lowest BCUT2D eigenvalue weighted by Crippen LogP contribution is -2.24. The van der Waals surface area contributed by atoms with Crippen LogP contribution in [0.5, 0.6) is 0 Å². The lowest BCUT2D eigenvalue weighted by molar-refractivity contribution is 0.0940. The minimum Gasteiger partial charge on any atom is -0.342 e. The number of amides is 1. The smallest absolute Gasteiger partial charge is 0.287 e. The van der Waals surface area contributed by atoms with Crippen LogP contribution in [0.15, 0.2) is 41.1 Å².